The highest BCUT2D eigenvalue weighted by atomic mass is 16.5. The number of hydrogen-bond acceptors (Lipinski definition) is 4. The van der Waals surface area contributed by atoms with Gasteiger partial charge in [0, 0.05) is 46.4 Å². The van der Waals surface area contributed by atoms with Crippen LogP contribution in [0.2, 0.25) is 0 Å². The largest absolute Gasteiger partial charge is 0.385 e. The number of carbonyl (C=O) groups is 2. The number of rotatable bonds is 5. The predicted octanol–water partition coefficient (Wildman–Crippen LogP) is -0.776. The van der Waals surface area contributed by atoms with Crippen LogP contribution in [-0.4, -0.2) is 74.2 Å². The number of carbonyl (C=O) groups excluding carboxylic acids is 2. The summed E-state index contributed by atoms with van der Waals surface area (Å²) >= 11 is 0. The van der Waals surface area contributed by atoms with E-state index in [-0.39, 0.29) is 11.9 Å². The van der Waals surface area contributed by atoms with Gasteiger partial charge in [-0.1, -0.05) is 0 Å². The lowest BCUT2D eigenvalue weighted by atomic mass is 10.2. The number of urea groups is 1. The lowest BCUT2D eigenvalue weighted by Crippen LogP contribution is -2.56. The Morgan fingerprint density at radius 3 is 2.37 bits per heavy atom. The van der Waals surface area contributed by atoms with E-state index >= 15 is 0 Å². The van der Waals surface area contributed by atoms with E-state index in [2.05, 4.69) is 5.32 Å². The Bertz CT molecular complexity index is 303. The molecule has 0 aromatic carbocycles. The molecule has 3 N–H and O–H groups in total. The minimum atomic E-state index is -0.518. The molecule has 110 valence electrons. The zero-order chi connectivity index (χ0) is 14.3. The van der Waals surface area contributed by atoms with Gasteiger partial charge >= 0.3 is 6.03 Å². The van der Waals surface area contributed by atoms with Gasteiger partial charge in [0.25, 0.3) is 0 Å². The average Bonchev–Trinajstić information content (AvgIpc) is 2.44. The summed E-state index contributed by atoms with van der Waals surface area (Å²) in [5.74, 6) is -0.0624. The highest BCUT2D eigenvalue weighted by Gasteiger charge is 2.26. The van der Waals surface area contributed by atoms with Crippen LogP contribution in [-0.2, 0) is 9.53 Å². The normalized spacial score (nSPS) is 17.2. The standard InChI is InChI=1S/C12H24N4O3/c1-3-14-12(18)16-7-5-15(6-8-16)11(17)10(13)4-9-19-2/h10H,3-9,13H2,1-2H3,(H,14,18). The third-order valence-electron chi connectivity index (χ3n) is 3.16. The Kier molecular flexibility index (Phi) is 6.58. The molecule has 19 heavy (non-hydrogen) atoms. The maximum Gasteiger partial charge on any atom is 0.317 e. The minimum Gasteiger partial charge on any atom is -0.385 e. The molecule has 1 heterocycles. The van der Waals surface area contributed by atoms with Crippen LogP contribution in [0.5, 0.6) is 0 Å². The number of nitrogens with one attached hydrogen (secondary N) is 1. The molecule has 1 aliphatic heterocycles. The number of nitrogens with two attached hydrogens (primary N) is 1. The van der Waals surface area contributed by atoms with Crippen molar-refractivity contribution in [2.24, 2.45) is 5.73 Å². The summed E-state index contributed by atoms with van der Waals surface area (Å²) in [6.45, 7) is 5.15. The molecule has 1 unspecified atom stereocenters. The highest BCUT2D eigenvalue weighted by Crippen LogP contribution is 2.05. The molecule has 1 fully saturated rings. The number of nitrogens with zero attached hydrogens (tertiary/aromatic N) is 2. The van der Waals surface area contributed by atoms with Crippen molar-refractivity contribution in [3.63, 3.8) is 0 Å². The lowest BCUT2D eigenvalue weighted by Gasteiger charge is -2.35. The summed E-state index contributed by atoms with van der Waals surface area (Å²) in [6, 6.07) is -0.589. The number of amides is 3. The fourth-order valence-corrected chi connectivity index (χ4v) is 2.00. The van der Waals surface area contributed by atoms with E-state index in [1.165, 1.54) is 0 Å². The van der Waals surface area contributed by atoms with Crippen molar-refractivity contribution in [2.75, 3.05) is 46.4 Å². The summed E-state index contributed by atoms with van der Waals surface area (Å²) in [7, 11) is 1.59. The van der Waals surface area contributed by atoms with Crippen LogP contribution < -0.4 is 11.1 Å². The second-order valence-corrected chi connectivity index (χ2v) is 4.54. The van der Waals surface area contributed by atoms with Crippen LogP contribution in [0, 0.1) is 0 Å². The molecule has 0 bridgehead atoms. The molecule has 1 aliphatic rings. The van der Waals surface area contributed by atoms with Gasteiger partial charge in [0.05, 0.1) is 6.04 Å². The van der Waals surface area contributed by atoms with Crippen molar-refractivity contribution in [3.05, 3.63) is 0 Å². The fourth-order valence-electron chi connectivity index (χ4n) is 2.00. The molecule has 1 saturated heterocycles. The minimum absolute atomic E-state index is 0.0624. The zero-order valence-electron chi connectivity index (χ0n) is 11.7. The van der Waals surface area contributed by atoms with Crippen molar-refractivity contribution in [2.45, 2.75) is 19.4 Å². The summed E-state index contributed by atoms with van der Waals surface area (Å²) in [5.41, 5.74) is 5.81. The van der Waals surface area contributed by atoms with E-state index in [0.717, 1.165) is 0 Å². The van der Waals surface area contributed by atoms with Crippen molar-refractivity contribution in [1.29, 1.82) is 0 Å². The first-order chi connectivity index (χ1) is 9.10. The van der Waals surface area contributed by atoms with Crippen LogP contribution in [0.3, 0.4) is 0 Å². The summed E-state index contributed by atoms with van der Waals surface area (Å²) < 4.78 is 4.91. The van der Waals surface area contributed by atoms with Crippen molar-refractivity contribution < 1.29 is 14.3 Å². The maximum atomic E-state index is 12.0. The first-order valence-electron chi connectivity index (χ1n) is 6.66. The van der Waals surface area contributed by atoms with Crippen molar-refractivity contribution in [3.8, 4) is 0 Å². The smallest absolute Gasteiger partial charge is 0.317 e. The van der Waals surface area contributed by atoms with Crippen LogP contribution in [0.25, 0.3) is 0 Å². The fraction of sp³-hybridized carbons (Fsp3) is 0.833. The zero-order valence-corrected chi connectivity index (χ0v) is 11.7. The second kappa shape index (κ2) is 7.96. The van der Waals surface area contributed by atoms with E-state index < -0.39 is 6.04 Å². The molecule has 1 atom stereocenters. The molecule has 3 amide bonds. The first kappa shape index (κ1) is 15.7. The number of ether oxygens (including phenoxy) is 1. The third-order valence-corrected chi connectivity index (χ3v) is 3.16. The average molecular weight is 272 g/mol. The molecule has 0 aliphatic carbocycles. The Hall–Kier alpha value is -1.34. The van der Waals surface area contributed by atoms with E-state index in [1.54, 1.807) is 16.9 Å². The van der Waals surface area contributed by atoms with Gasteiger partial charge in [-0.05, 0) is 13.3 Å². The monoisotopic (exact) mass is 272 g/mol. The van der Waals surface area contributed by atoms with E-state index in [4.69, 9.17) is 10.5 Å². The summed E-state index contributed by atoms with van der Waals surface area (Å²) in [4.78, 5) is 27.1. The van der Waals surface area contributed by atoms with Crippen LogP contribution in [0.15, 0.2) is 0 Å². The molecule has 0 radical (unpaired) electrons. The Labute approximate surface area is 114 Å². The van der Waals surface area contributed by atoms with Gasteiger partial charge < -0.3 is 25.6 Å². The first-order valence-corrected chi connectivity index (χ1v) is 6.66. The van der Waals surface area contributed by atoms with E-state index in [9.17, 15) is 9.59 Å². The lowest BCUT2D eigenvalue weighted by molar-refractivity contribution is -0.134. The van der Waals surface area contributed by atoms with Gasteiger partial charge in [0.1, 0.15) is 0 Å². The van der Waals surface area contributed by atoms with Gasteiger partial charge in [0.2, 0.25) is 5.91 Å². The van der Waals surface area contributed by atoms with Crippen LogP contribution >= 0.6 is 0 Å². The molecule has 7 nitrogen and oxygen atoms in total. The topological polar surface area (TPSA) is 87.9 Å². The molecule has 0 spiro atoms. The molecular weight excluding hydrogens is 248 g/mol. The SMILES string of the molecule is CCNC(=O)N1CCN(C(=O)C(N)CCOC)CC1. The number of hydrogen-bond donors (Lipinski definition) is 2. The molecule has 0 aromatic rings. The molecule has 0 aromatic heterocycles. The van der Waals surface area contributed by atoms with Crippen LogP contribution in [0.4, 0.5) is 4.79 Å². The summed E-state index contributed by atoms with van der Waals surface area (Å²) in [6.07, 6.45) is 0.520. The highest BCUT2D eigenvalue weighted by molar-refractivity contribution is 5.82. The van der Waals surface area contributed by atoms with Crippen LogP contribution in [0.1, 0.15) is 13.3 Å². The molecule has 1 rings (SSSR count). The second-order valence-electron chi connectivity index (χ2n) is 4.54. The van der Waals surface area contributed by atoms with Crippen molar-refractivity contribution in [1.82, 2.24) is 15.1 Å². The predicted molar refractivity (Wildman–Crippen MR) is 71.7 cm³/mol. The molecule has 0 saturated carbocycles. The number of methoxy groups -OCH3 is 1. The van der Waals surface area contributed by atoms with Gasteiger partial charge in [-0.15, -0.1) is 0 Å². The van der Waals surface area contributed by atoms with Gasteiger partial charge in [-0.3, -0.25) is 4.79 Å². The Morgan fingerprint density at radius 2 is 1.84 bits per heavy atom. The number of piperazine rings is 1. The van der Waals surface area contributed by atoms with Crippen molar-refractivity contribution >= 4 is 11.9 Å². The quantitative estimate of drug-likeness (QED) is 0.687. The van der Waals surface area contributed by atoms with Gasteiger partial charge in [-0.25, -0.2) is 4.79 Å². The molecular formula is C12H24N4O3. The van der Waals surface area contributed by atoms with E-state index in [0.29, 0.717) is 45.8 Å². The maximum absolute atomic E-state index is 12.0. The third kappa shape index (κ3) is 4.68. The Balaban J connectivity index is 2.36. The van der Waals surface area contributed by atoms with Gasteiger partial charge in [0.15, 0.2) is 0 Å². The Morgan fingerprint density at radius 1 is 1.26 bits per heavy atom. The molecule has 7 heteroatoms. The van der Waals surface area contributed by atoms with Gasteiger partial charge in [-0.2, -0.15) is 0 Å². The summed E-state index contributed by atoms with van der Waals surface area (Å²) in [5, 5.41) is 2.75. The van der Waals surface area contributed by atoms with E-state index in [1.807, 2.05) is 6.92 Å².